The number of carbonyl (C=O) groups is 2. The Morgan fingerprint density at radius 3 is 2.42 bits per heavy atom. The van der Waals surface area contributed by atoms with Crippen molar-refractivity contribution in [3.63, 3.8) is 0 Å². The SMILES string of the molecule is O=C(Nc1ccc(CN2CCCCC2)cc1)c1c2c(nc3ccccc13)C(=O)N(C1CCCCC1)C2. The lowest BCUT2D eigenvalue weighted by molar-refractivity contribution is 0.0655. The van der Waals surface area contributed by atoms with Gasteiger partial charge in [-0.25, -0.2) is 4.98 Å². The number of nitrogens with one attached hydrogen (secondary N) is 1. The Morgan fingerprint density at radius 2 is 1.64 bits per heavy atom. The topological polar surface area (TPSA) is 65.5 Å². The van der Waals surface area contributed by atoms with E-state index in [4.69, 9.17) is 4.98 Å². The summed E-state index contributed by atoms with van der Waals surface area (Å²) in [5, 5.41) is 3.91. The molecule has 0 atom stereocenters. The highest BCUT2D eigenvalue weighted by atomic mass is 16.2. The number of aromatic nitrogens is 1. The van der Waals surface area contributed by atoms with Crippen LogP contribution >= 0.6 is 0 Å². The maximum atomic E-state index is 13.7. The molecule has 0 bridgehead atoms. The number of para-hydroxylation sites is 1. The monoisotopic (exact) mass is 482 g/mol. The second-order valence-electron chi connectivity index (χ2n) is 10.5. The van der Waals surface area contributed by atoms with Gasteiger partial charge in [0.05, 0.1) is 11.1 Å². The van der Waals surface area contributed by atoms with E-state index < -0.39 is 0 Å². The zero-order valence-corrected chi connectivity index (χ0v) is 20.8. The molecule has 1 saturated carbocycles. The lowest BCUT2D eigenvalue weighted by atomic mass is 9.94. The number of rotatable bonds is 5. The Balaban J connectivity index is 1.27. The molecule has 3 aliphatic rings. The minimum atomic E-state index is -0.174. The van der Waals surface area contributed by atoms with Crippen LogP contribution in [0.5, 0.6) is 0 Å². The van der Waals surface area contributed by atoms with E-state index in [-0.39, 0.29) is 17.9 Å². The van der Waals surface area contributed by atoms with Gasteiger partial charge >= 0.3 is 0 Å². The number of benzene rings is 2. The summed E-state index contributed by atoms with van der Waals surface area (Å²) in [6, 6.07) is 16.1. The molecule has 1 saturated heterocycles. The fourth-order valence-corrected chi connectivity index (χ4v) is 6.17. The summed E-state index contributed by atoms with van der Waals surface area (Å²) < 4.78 is 0. The van der Waals surface area contributed by atoms with Crippen LogP contribution in [0.25, 0.3) is 10.9 Å². The van der Waals surface area contributed by atoms with Gasteiger partial charge < -0.3 is 10.2 Å². The molecule has 2 aliphatic heterocycles. The van der Waals surface area contributed by atoms with E-state index >= 15 is 0 Å². The molecule has 2 fully saturated rings. The molecule has 1 N–H and O–H groups in total. The molecule has 2 aromatic carbocycles. The average Bonchev–Trinajstić information content (AvgIpc) is 3.25. The standard InChI is InChI=1S/C30H34N4O2/c35-29(31-22-15-13-21(14-16-22)19-33-17-7-2-8-18-33)27-24-11-5-6-12-26(24)32-28-25(27)20-34(30(28)36)23-9-3-1-4-10-23/h5-6,11-16,23H,1-4,7-10,17-20H2,(H,31,35). The van der Waals surface area contributed by atoms with Crippen LogP contribution in [-0.4, -0.2) is 45.7 Å². The van der Waals surface area contributed by atoms with E-state index in [1.807, 2.05) is 41.3 Å². The first kappa shape index (κ1) is 23.2. The van der Waals surface area contributed by atoms with Crippen molar-refractivity contribution < 1.29 is 9.59 Å². The van der Waals surface area contributed by atoms with Crippen molar-refractivity contribution >= 4 is 28.4 Å². The van der Waals surface area contributed by atoms with Crippen molar-refractivity contribution in [1.29, 1.82) is 0 Å². The Kier molecular flexibility index (Phi) is 6.45. The van der Waals surface area contributed by atoms with Gasteiger partial charge in [0.15, 0.2) is 0 Å². The third-order valence-electron chi connectivity index (χ3n) is 8.09. The van der Waals surface area contributed by atoms with Crippen LogP contribution in [0.3, 0.4) is 0 Å². The third kappa shape index (κ3) is 4.50. The van der Waals surface area contributed by atoms with Gasteiger partial charge in [-0.1, -0.05) is 56.0 Å². The second kappa shape index (κ2) is 10.0. The average molecular weight is 483 g/mol. The van der Waals surface area contributed by atoms with E-state index in [1.165, 1.54) is 31.2 Å². The number of piperidine rings is 1. The highest BCUT2D eigenvalue weighted by Crippen LogP contribution is 2.35. The van der Waals surface area contributed by atoms with E-state index in [0.717, 1.165) is 62.0 Å². The van der Waals surface area contributed by atoms with Gasteiger partial charge in [-0.05, 0) is 62.5 Å². The molecule has 1 aromatic heterocycles. The van der Waals surface area contributed by atoms with E-state index in [1.54, 1.807) is 0 Å². The predicted molar refractivity (Wildman–Crippen MR) is 142 cm³/mol. The molecule has 6 heteroatoms. The van der Waals surface area contributed by atoms with Gasteiger partial charge in [-0.3, -0.25) is 14.5 Å². The molecule has 0 unspecified atom stereocenters. The first-order valence-electron chi connectivity index (χ1n) is 13.5. The van der Waals surface area contributed by atoms with Crippen molar-refractivity contribution in [2.75, 3.05) is 18.4 Å². The van der Waals surface area contributed by atoms with Crippen LogP contribution < -0.4 is 5.32 Å². The zero-order valence-electron chi connectivity index (χ0n) is 20.8. The highest BCUT2D eigenvalue weighted by Gasteiger charge is 2.38. The molecule has 6 rings (SSSR count). The number of carbonyl (C=O) groups excluding carboxylic acids is 2. The number of nitrogens with zero attached hydrogens (tertiary/aromatic N) is 3. The largest absolute Gasteiger partial charge is 0.330 e. The summed E-state index contributed by atoms with van der Waals surface area (Å²) in [7, 11) is 0. The minimum Gasteiger partial charge on any atom is -0.330 e. The Bertz CT molecular complexity index is 1270. The summed E-state index contributed by atoms with van der Waals surface area (Å²) in [6.07, 6.45) is 9.49. The number of pyridine rings is 1. The molecule has 186 valence electrons. The molecule has 0 spiro atoms. The van der Waals surface area contributed by atoms with Gasteiger partial charge in [-0.2, -0.15) is 0 Å². The number of fused-ring (bicyclic) bond motifs is 2. The first-order chi connectivity index (χ1) is 17.7. The third-order valence-corrected chi connectivity index (χ3v) is 8.09. The molecular weight excluding hydrogens is 448 g/mol. The Labute approximate surface area is 212 Å². The minimum absolute atomic E-state index is 0.0289. The normalized spacial score (nSPS) is 19.0. The van der Waals surface area contributed by atoms with Crippen molar-refractivity contribution in [2.24, 2.45) is 0 Å². The number of anilines is 1. The lowest BCUT2D eigenvalue weighted by Gasteiger charge is -2.30. The van der Waals surface area contributed by atoms with Gasteiger partial charge in [0, 0.05) is 35.8 Å². The maximum absolute atomic E-state index is 13.7. The van der Waals surface area contributed by atoms with Crippen LogP contribution in [-0.2, 0) is 13.1 Å². The van der Waals surface area contributed by atoms with Crippen molar-refractivity contribution in [3.05, 3.63) is 70.9 Å². The van der Waals surface area contributed by atoms with Gasteiger partial charge in [0.2, 0.25) is 0 Å². The van der Waals surface area contributed by atoms with E-state index in [2.05, 4.69) is 22.3 Å². The van der Waals surface area contributed by atoms with Crippen molar-refractivity contribution in [2.45, 2.75) is 70.5 Å². The van der Waals surface area contributed by atoms with Gasteiger partial charge in [-0.15, -0.1) is 0 Å². The Morgan fingerprint density at radius 1 is 0.917 bits per heavy atom. The van der Waals surface area contributed by atoms with Crippen LogP contribution in [0.15, 0.2) is 48.5 Å². The van der Waals surface area contributed by atoms with Crippen LogP contribution in [0, 0.1) is 0 Å². The summed E-state index contributed by atoms with van der Waals surface area (Å²) in [5.41, 5.74) is 4.52. The molecule has 0 radical (unpaired) electrons. The van der Waals surface area contributed by atoms with Gasteiger partial charge in [0.25, 0.3) is 11.8 Å². The maximum Gasteiger partial charge on any atom is 0.273 e. The molecule has 36 heavy (non-hydrogen) atoms. The summed E-state index contributed by atoms with van der Waals surface area (Å²) in [5.74, 6) is -0.203. The molecule has 3 heterocycles. The van der Waals surface area contributed by atoms with Crippen LogP contribution in [0.1, 0.15) is 83.3 Å². The molecule has 6 nitrogen and oxygen atoms in total. The van der Waals surface area contributed by atoms with E-state index in [0.29, 0.717) is 23.3 Å². The molecule has 1 aliphatic carbocycles. The summed E-state index contributed by atoms with van der Waals surface area (Å²) in [4.78, 5) is 36.3. The van der Waals surface area contributed by atoms with Crippen molar-refractivity contribution in [1.82, 2.24) is 14.8 Å². The Hall–Kier alpha value is -3.25. The van der Waals surface area contributed by atoms with Gasteiger partial charge in [0.1, 0.15) is 5.69 Å². The zero-order chi connectivity index (χ0) is 24.5. The first-order valence-corrected chi connectivity index (χ1v) is 13.5. The fraction of sp³-hybridized carbons (Fsp3) is 0.433. The lowest BCUT2D eigenvalue weighted by Crippen LogP contribution is -2.37. The number of likely N-dealkylation sites (tertiary alicyclic amines) is 1. The van der Waals surface area contributed by atoms with Crippen molar-refractivity contribution in [3.8, 4) is 0 Å². The van der Waals surface area contributed by atoms with E-state index in [9.17, 15) is 9.59 Å². The summed E-state index contributed by atoms with van der Waals surface area (Å²) in [6.45, 7) is 3.74. The molecular formula is C30H34N4O2. The smallest absolute Gasteiger partial charge is 0.273 e. The second-order valence-corrected chi connectivity index (χ2v) is 10.5. The molecule has 3 aromatic rings. The number of amides is 2. The van der Waals surface area contributed by atoms with Crippen LogP contribution in [0.4, 0.5) is 5.69 Å². The quantitative estimate of drug-likeness (QED) is 0.502. The van der Waals surface area contributed by atoms with Crippen LogP contribution in [0.2, 0.25) is 0 Å². The molecule has 2 amide bonds. The highest BCUT2D eigenvalue weighted by molar-refractivity contribution is 6.16. The number of hydrogen-bond donors (Lipinski definition) is 1. The summed E-state index contributed by atoms with van der Waals surface area (Å²) >= 11 is 0. The number of hydrogen-bond acceptors (Lipinski definition) is 4. The fourth-order valence-electron chi connectivity index (χ4n) is 6.17. The predicted octanol–water partition coefficient (Wildman–Crippen LogP) is 5.76.